The molecule has 2 amide bonds. The van der Waals surface area contributed by atoms with Crippen molar-refractivity contribution in [1.29, 1.82) is 0 Å². The second-order valence-corrected chi connectivity index (χ2v) is 9.89. The second kappa shape index (κ2) is 12.6. The molecule has 0 radical (unpaired) electrons. The van der Waals surface area contributed by atoms with Gasteiger partial charge in [0.05, 0.1) is 36.5 Å². The molecule has 0 atom stereocenters. The Morgan fingerprint density at radius 2 is 1.76 bits per heavy atom. The number of fused-ring (bicyclic) bond motifs is 1. The largest absolute Gasteiger partial charge is 0.495 e. The number of hydrogen-bond donors (Lipinski definition) is 2. The van der Waals surface area contributed by atoms with Crippen LogP contribution in [0.2, 0.25) is 5.02 Å². The van der Waals surface area contributed by atoms with Crippen LogP contribution in [0.5, 0.6) is 5.75 Å². The number of methoxy groups -OCH3 is 1. The molecule has 0 bridgehead atoms. The third-order valence-electron chi connectivity index (χ3n) is 6.66. The molecule has 0 aliphatic carbocycles. The number of nitrogens with zero attached hydrogens (tertiary/aromatic N) is 2. The first kappa shape index (κ1) is 28.4. The van der Waals surface area contributed by atoms with E-state index in [1.54, 1.807) is 24.3 Å². The monoisotopic (exact) mass is 586 g/mol. The fraction of sp³-hybridized carbons (Fsp3) is 0.161. The van der Waals surface area contributed by atoms with Crippen LogP contribution >= 0.6 is 11.6 Å². The number of hydrogen-bond acceptors (Lipinski definition) is 6. The Kier molecular flexibility index (Phi) is 8.54. The van der Waals surface area contributed by atoms with Gasteiger partial charge in [0.15, 0.2) is 0 Å². The number of aromatic nitrogens is 2. The number of carbonyl (C=O) groups excluding carboxylic acids is 2. The Morgan fingerprint density at radius 3 is 2.50 bits per heavy atom. The first-order chi connectivity index (χ1) is 20.3. The minimum absolute atomic E-state index is 0.133. The van der Waals surface area contributed by atoms with Crippen LogP contribution in [0.4, 0.5) is 5.69 Å². The van der Waals surface area contributed by atoms with Crippen molar-refractivity contribution in [3.05, 3.63) is 128 Å². The van der Waals surface area contributed by atoms with E-state index in [2.05, 4.69) is 10.6 Å². The van der Waals surface area contributed by atoms with Gasteiger partial charge in [0, 0.05) is 17.1 Å². The number of nitrogens with one attached hydrogen (secondary N) is 2. The molecule has 214 valence electrons. The smallest absolute Gasteiger partial charge is 0.332 e. The maximum Gasteiger partial charge on any atom is 0.332 e. The lowest BCUT2D eigenvalue weighted by molar-refractivity contribution is -0.116. The third kappa shape index (κ3) is 6.29. The molecular formula is C31H27ClN4O6. The number of carbonyl (C=O) groups is 2. The second-order valence-electron chi connectivity index (χ2n) is 9.46. The van der Waals surface area contributed by atoms with Crippen LogP contribution in [-0.4, -0.2) is 34.6 Å². The summed E-state index contributed by atoms with van der Waals surface area (Å²) in [5.41, 5.74) is 0.460. The third-order valence-corrected chi connectivity index (χ3v) is 6.90. The van der Waals surface area contributed by atoms with Gasteiger partial charge in [-0.1, -0.05) is 41.9 Å². The fourth-order valence-corrected chi connectivity index (χ4v) is 4.76. The van der Waals surface area contributed by atoms with E-state index in [9.17, 15) is 19.2 Å². The van der Waals surface area contributed by atoms with Crippen LogP contribution in [0.15, 0.2) is 99.1 Å². The maximum atomic E-state index is 13.7. The van der Waals surface area contributed by atoms with Crippen molar-refractivity contribution in [2.45, 2.75) is 19.5 Å². The van der Waals surface area contributed by atoms with Gasteiger partial charge >= 0.3 is 5.69 Å². The van der Waals surface area contributed by atoms with Crippen LogP contribution < -0.4 is 26.6 Å². The van der Waals surface area contributed by atoms with Gasteiger partial charge in [0.25, 0.3) is 11.5 Å². The summed E-state index contributed by atoms with van der Waals surface area (Å²) in [6.45, 7) is -0.198. The Morgan fingerprint density at radius 1 is 0.952 bits per heavy atom. The van der Waals surface area contributed by atoms with Gasteiger partial charge < -0.3 is 19.8 Å². The van der Waals surface area contributed by atoms with Crippen molar-refractivity contribution in [1.82, 2.24) is 14.5 Å². The van der Waals surface area contributed by atoms with E-state index in [1.807, 2.05) is 30.3 Å². The fourth-order valence-electron chi connectivity index (χ4n) is 4.59. The lowest BCUT2D eigenvalue weighted by Crippen LogP contribution is -2.42. The highest BCUT2D eigenvalue weighted by Crippen LogP contribution is 2.27. The Hall–Kier alpha value is -5.09. The van der Waals surface area contributed by atoms with E-state index in [4.69, 9.17) is 20.8 Å². The van der Waals surface area contributed by atoms with Crippen molar-refractivity contribution < 1.29 is 18.7 Å². The molecule has 0 fully saturated rings. The topological polar surface area (TPSA) is 125 Å². The number of benzene rings is 3. The number of amides is 2. The average molecular weight is 587 g/mol. The first-order valence-corrected chi connectivity index (χ1v) is 13.5. The van der Waals surface area contributed by atoms with Crippen molar-refractivity contribution in [2.75, 3.05) is 19.0 Å². The van der Waals surface area contributed by atoms with E-state index in [-0.39, 0.29) is 28.9 Å². The highest BCUT2D eigenvalue weighted by Gasteiger charge is 2.19. The van der Waals surface area contributed by atoms with E-state index in [0.717, 1.165) is 14.7 Å². The molecule has 3 aromatic carbocycles. The van der Waals surface area contributed by atoms with Gasteiger partial charge in [-0.25, -0.2) is 4.79 Å². The summed E-state index contributed by atoms with van der Waals surface area (Å²) in [4.78, 5) is 53.3. The van der Waals surface area contributed by atoms with Crippen LogP contribution in [-0.2, 0) is 24.3 Å². The molecular weight excluding hydrogens is 560 g/mol. The number of ether oxygens (including phenoxy) is 1. The van der Waals surface area contributed by atoms with Crippen molar-refractivity contribution in [3.8, 4) is 5.75 Å². The number of anilines is 1. The van der Waals surface area contributed by atoms with Crippen LogP contribution in [0, 0.1) is 0 Å². The zero-order chi connectivity index (χ0) is 29.6. The highest BCUT2D eigenvalue weighted by atomic mass is 35.5. The molecule has 42 heavy (non-hydrogen) atoms. The molecule has 5 aromatic rings. The van der Waals surface area contributed by atoms with Gasteiger partial charge in [0.1, 0.15) is 18.1 Å². The molecule has 2 aromatic heterocycles. The Labute approximate surface area is 245 Å². The molecule has 0 spiro atoms. The predicted molar refractivity (Wildman–Crippen MR) is 159 cm³/mol. The van der Waals surface area contributed by atoms with Crippen molar-refractivity contribution in [2.24, 2.45) is 0 Å². The Bertz CT molecular complexity index is 1860. The van der Waals surface area contributed by atoms with Crippen molar-refractivity contribution in [3.63, 3.8) is 0 Å². The SMILES string of the molecule is COc1ccc(Cl)cc1NC(=O)Cn1c(=O)n(Cc2ccco2)c(=O)c2ccc(C(=O)NCCc3ccccc3)cc21. The molecule has 0 aliphatic rings. The predicted octanol–water partition coefficient (Wildman–Crippen LogP) is 4.08. The molecule has 2 N–H and O–H groups in total. The van der Waals surface area contributed by atoms with Gasteiger partial charge in [-0.2, -0.15) is 0 Å². The van der Waals surface area contributed by atoms with E-state index in [0.29, 0.717) is 35.2 Å². The average Bonchev–Trinajstić information content (AvgIpc) is 3.51. The van der Waals surface area contributed by atoms with E-state index < -0.39 is 23.7 Å². The first-order valence-electron chi connectivity index (χ1n) is 13.1. The molecule has 2 heterocycles. The molecule has 5 rings (SSSR count). The Balaban J connectivity index is 1.49. The van der Waals surface area contributed by atoms with Crippen LogP contribution in [0.3, 0.4) is 0 Å². The lowest BCUT2D eigenvalue weighted by Gasteiger charge is -2.15. The van der Waals surface area contributed by atoms with Gasteiger partial charge in [-0.05, 0) is 60.5 Å². The summed E-state index contributed by atoms with van der Waals surface area (Å²) in [7, 11) is 1.45. The number of rotatable bonds is 10. The molecule has 0 saturated carbocycles. The molecule has 10 nitrogen and oxygen atoms in total. The van der Waals surface area contributed by atoms with Gasteiger partial charge in [-0.15, -0.1) is 0 Å². The highest BCUT2D eigenvalue weighted by molar-refractivity contribution is 6.31. The van der Waals surface area contributed by atoms with Crippen LogP contribution in [0.1, 0.15) is 21.7 Å². The summed E-state index contributed by atoms with van der Waals surface area (Å²) >= 11 is 6.10. The van der Waals surface area contributed by atoms with Crippen molar-refractivity contribution >= 4 is 40.0 Å². The standard InChI is InChI=1S/C31H27ClN4O6/c1-41-27-12-10-22(32)17-25(27)34-28(37)19-35-26-16-21(29(38)33-14-13-20-6-3-2-4-7-20)9-11-24(26)30(39)36(31(35)40)18-23-8-5-15-42-23/h2-12,15-17H,13-14,18-19H2,1H3,(H,33,38)(H,34,37). The zero-order valence-corrected chi connectivity index (χ0v) is 23.4. The summed E-state index contributed by atoms with van der Waals surface area (Å²) in [5.74, 6) is -0.176. The summed E-state index contributed by atoms with van der Waals surface area (Å²) < 4.78 is 12.8. The van der Waals surface area contributed by atoms with Gasteiger partial charge in [-0.3, -0.25) is 23.5 Å². The maximum absolute atomic E-state index is 13.7. The number of halogens is 1. The molecule has 0 unspecified atom stereocenters. The summed E-state index contributed by atoms with van der Waals surface area (Å²) in [6, 6.07) is 22.2. The minimum Gasteiger partial charge on any atom is -0.495 e. The molecule has 11 heteroatoms. The molecule has 0 saturated heterocycles. The zero-order valence-electron chi connectivity index (χ0n) is 22.6. The number of furan rings is 1. The molecule has 0 aliphatic heterocycles. The normalized spacial score (nSPS) is 10.9. The minimum atomic E-state index is -0.737. The van der Waals surface area contributed by atoms with Crippen LogP contribution in [0.25, 0.3) is 10.9 Å². The van der Waals surface area contributed by atoms with E-state index in [1.165, 1.54) is 37.6 Å². The quantitative estimate of drug-likeness (QED) is 0.254. The van der Waals surface area contributed by atoms with E-state index >= 15 is 0 Å². The summed E-state index contributed by atoms with van der Waals surface area (Å²) in [5, 5.41) is 6.12. The summed E-state index contributed by atoms with van der Waals surface area (Å²) in [6.07, 6.45) is 2.07. The lowest BCUT2D eigenvalue weighted by atomic mass is 10.1. The van der Waals surface area contributed by atoms with Gasteiger partial charge in [0.2, 0.25) is 5.91 Å².